The number of aliphatic hydroxyl groups is 1. The lowest BCUT2D eigenvalue weighted by atomic mass is 9.79. The van der Waals surface area contributed by atoms with Crippen LogP contribution in [0, 0.1) is 0 Å². The van der Waals surface area contributed by atoms with Crippen molar-refractivity contribution in [1.29, 1.82) is 0 Å². The summed E-state index contributed by atoms with van der Waals surface area (Å²) < 4.78 is 8.11. The molecular weight excluding hydrogens is 288 g/mol. The molecule has 1 aliphatic carbocycles. The maximum Gasteiger partial charge on any atom is 0.0847 e. The van der Waals surface area contributed by atoms with E-state index in [0.717, 1.165) is 38.8 Å². The van der Waals surface area contributed by atoms with E-state index in [2.05, 4.69) is 47.0 Å². The molecule has 3 atom stereocenters. The number of likely N-dealkylation sites (tertiary alicyclic amines) is 1. The summed E-state index contributed by atoms with van der Waals surface area (Å²) in [6.45, 7) is 1.99. The van der Waals surface area contributed by atoms with Crippen molar-refractivity contribution in [2.75, 3.05) is 13.7 Å². The second-order valence-corrected chi connectivity index (χ2v) is 7.25. The Kier molecular flexibility index (Phi) is 3.71. The number of aromatic nitrogens is 1. The van der Waals surface area contributed by atoms with Gasteiger partial charge in [-0.3, -0.25) is 4.90 Å². The average molecular weight is 314 g/mol. The van der Waals surface area contributed by atoms with Crippen molar-refractivity contribution in [2.45, 2.75) is 50.0 Å². The van der Waals surface area contributed by atoms with Gasteiger partial charge in [0.05, 0.1) is 11.7 Å². The molecule has 0 bridgehead atoms. The molecule has 2 aromatic rings. The van der Waals surface area contributed by atoms with Crippen LogP contribution in [-0.4, -0.2) is 46.0 Å². The summed E-state index contributed by atoms with van der Waals surface area (Å²) in [5, 5.41) is 11.4. The van der Waals surface area contributed by atoms with Crippen molar-refractivity contribution in [3.8, 4) is 0 Å². The molecule has 1 saturated heterocycles. The number of ether oxygens (including phenoxy) is 1. The number of aryl methyl sites for hydroxylation is 1. The molecule has 1 aromatic heterocycles. The number of rotatable bonds is 3. The van der Waals surface area contributed by atoms with Crippen molar-refractivity contribution < 1.29 is 9.84 Å². The van der Waals surface area contributed by atoms with Gasteiger partial charge in [0, 0.05) is 45.0 Å². The van der Waals surface area contributed by atoms with Gasteiger partial charge in [-0.05, 0) is 48.8 Å². The lowest BCUT2D eigenvalue weighted by molar-refractivity contribution is -0.0879. The molecule has 4 rings (SSSR count). The molecule has 1 saturated carbocycles. The van der Waals surface area contributed by atoms with Crippen LogP contribution >= 0.6 is 0 Å². The highest BCUT2D eigenvalue weighted by Gasteiger charge is 2.50. The quantitative estimate of drug-likeness (QED) is 0.946. The summed E-state index contributed by atoms with van der Waals surface area (Å²) in [5.41, 5.74) is 2.57. The van der Waals surface area contributed by atoms with E-state index in [4.69, 9.17) is 4.74 Å². The van der Waals surface area contributed by atoms with E-state index in [1.807, 2.05) is 7.11 Å². The van der Waals surface area contributed by atoms with Crippen molar-refractivity contribution in [3.63, 3.8) is 0 Å². The molecule has 2 heterocycles. The fourth-order valence-corrected chi connectivity index (χ4v) is 4.60. The highest BCUT2D eigenvalue weighted by Crippen LogP contribution is 2.43. The molecule has 124 valence electrons. The van der Waals surface area contributed by atoms with E-state index in [1.54, 1.807) is 0 Å². The minimum Gasteiger partial charge on any atom is -0.393 e. The predicted octanol–water partition coefficient (Wildman–Crippen LogP) is 2.68. The monoisotopic (exact) mass is 314 g/mol. The van der Waals surface area contributed by atoms with Crippen molar-refractivity contribution in [3.05, 3.63) is 36.0 Å². The fourth-order valence-electron chi connectivity index (χ4n) is 4.60. The number of aliphatic hydroxyl groups excluding tert-OH is 1. The van der Waals surface area contributed by atoms with Gasteiger partial charge in [0.1, 0.15) is 0 Å². The number of methoxy groups -OCH3 is 1. The third-order valence-corrected chi connectivity index (χ3v) is 6.01. The Labute approximate surface area is 137 Å². The third-order valence-electron chi connectivity index (χ3n) is 6.01. The summed E-state index contributed by atoms with van der Waals surface area (Å²) in [6, 6.07) is 9.22. The number of benzene rings is 1. The van der Waals surface area contributed by atoms with Crippen LogP contribution in [0.25, 0.3) is 10.9 Å². The van der Waals surface area contributed by atoms with Gasteiger partial charge < -0.3 is 14.4 Å². The zero-order chi connectivity index (χ0) is 16.0. The van der Waals surface area contributed by atoms with E-state index in [1.165, 1.54) is 16.5 Å². The first-order chi connectivity index (χ1) is 11.1. The number of hydrogen-bond acceptors (Lipinski definition) is 3. The summed E-state index contributed by atoms with van der Waals surface area (Å²) in [6.07, 6.45) is 5.68. The van der Waals surface area contributed by atoms with Crippen LogP contribution in [0.2, 0.25) is 0 Å². The van der Waals surface area contributed by atoms with E-state index in [9.17, 15) is 5.11 Å². The smallest absolute Gasteiger partial charge is 0.0847 e. The highest BCUT2D eigenvalue weighted by molar-refractivity contribution is 5.80. The van der Waals surface area contributed by atoms with Crippen molar-refractivity contribution in [2.24, 2.45) is 7.05 Å². The molecule has 1 N–H and O–H groups in total. The van der Waals surface area contributed by atoms with Gasteiger partial charge in [-0.2, -0.15) is 0 Å². The molecule has 1 aliphatic heterocycles. The molecule has 0 spiro atoms. The highest BCUT2D eigenvalue weighted by atomic mass is 16.5. The maximum absolute atomic E-state index is 10.1. The Morgan fingerprint density at radius 3 is 3.00 bits per heavy atom. The molecule has 0 radical (unpaired) electrons. The van der Waals surface area contributed by atoms with Crippen molar-refractivity contribution in [1.82, 2.24) is 9.47 Å². The van der Waals surface area contributed by atoms with Crippen LogP contribution in [-0.2, 0) is 18.3 Å². The first-order valence-electron chi connectivity index (χ1n) is 8.62. The van der Waals surface area contributed by atoms with Gasteiger partial charge in [0.25, 0.3) is 0 Å². The predicted molar refractivity (Wildman–Crippen MR) is 91.3 cm³/mol. The molecule has 4 heteroatoms. The molecule has 2 fully saturated rings. The van der Waals surface area contributed by atoms with Crippen LogP contribution in [0.3, 0.4) is 0 Å². The lowest BCUT2D eigenvalue weighted by Gasteiger charge is -2.42. The standard InChI is InChI=1S/C19H26N2O2/c1-20-9-6-15-4-3-14(11-17(15)20)13-21-10-8-19(23-2)7-5-16(22)12-18(19)21/h3-4,6,9,11,16,18,22H,5,7-8,10,12-13H2,1-2H3/t16-,18-,19+/m0/s1. The number of hydrogen-bond donors (Lipinski definition) is 1. The fraction of sp³-hybridized carbons (Fsp3) is 0.579. The van der Waals surface area contributed by atoms with E-state index in [0.29, 0.717) is 6.04 Å². The Bertz CT molecular complexity index is 710. The van der Waals surface area contributed by atoms with Gasteiger partial charge in [0.15, 0.2) is 0 Å². The van der Waals surface area contributed by atoms with Crippen LogP contribution in [0.4, 0.5) is 0 Å². The Balaban J connectivity index is 1.58. The second-order valence-electron chi connectivity index (χ2n) is 7.25. The first-order valence-corrected chi connectivity index (χ1v) is 8.62. The Morgan fingerprint density at radius 2 is 2.17 bits per heavy atom. The van der Waals surface area contributed by atoms with Crippen LogP contribution in [0.5, 0.6) is 0 Å². The Hall–Kier alpha value is -1.36. The summed E-state index contributed by atoms with van der Waals surface area (Å²) >= 11 is 0. The summed E-state index contributed by atoms with van der Waals surface area (Å²) in [4.78, 5) is 2.51. The minimum absolute atomic E-state index is 0.0473. The molecule has 0 unspecified atom stereocenters. The molecule has 0 amide bonds. The molecule has 1 aromatic carbocycles. The van der Waals surface area contributed by atoms with E-state index < -0.39 is 0 Å². The molecule has 4 nitrogen and oxygen atoms in total. The molecule has 23 heavy (non-hydrogen) atoms. The molecular formula is C19H26N2O2. The lowest BCUT2D eigenvalue weighted by Crippen LogP contribution is -2.51. The van der Waals surface area contributed by atoms with E-state index >= 15 is 0 Å². The number of nitrogens with zero attached hydrogens (tertiary/aromatic N) is 2. The zero-order valence-corrected chi connectivity index (χ0v) is 14.0. The van der Waals surface area contributed by atoms with Crippen LogP contribution in [0.15, 0.2) is 30.5 Å². The average Bonchev–Trinajstić information content (AvgIpc) is 3.10. The SMILES string of the molecule is CO[C@@]12CC[C@H](O)C[C@@H]1N(Cc1ccc3ccn(C)c3c1)CC2. The van der Waals surface area contributed by atoms with Crippen molar-refractivity contribution >= 4 is 10.9 Å². The van der Waals surface area contributed by atoms with Crippen LogP contribution < -0.4 is 0 Å². The third kappa shape index (κ3) is 2.49. The minimum atomic E-state index is -0.181. The van der Waals surface area contributed by atoms with Gasteiger partial charge in [0.2, 0.25) is 0 Å². The van der Waals surface area contributed by atoms with Crippen LogP contribution in [0.1, 0.15) is 31.2 Å². The first kappa shape index (κ1) is 15.2. The van der Waals surface area contributed by atoms with E-state index in [-0.39, 0.29) is 11.7 Å². The van der Waals surface area contributed by atoms with Gasteiger partial charge in [-0.25, -0.2) is 0 Å². The number of fused-ring (bicyclic) bond motifs is 2. The summed E-state index contributed by atoms with van der Waals surface area (Å²) in [7, 11) is 3.93. The second kappa shape index (κ2) is 5.62. The molecule has 2 aliphatic rings. The van der Waals surface area contributed by atoms with Gasteiger partial charge in [-0.15, -0.1) is 0 Å². The zero-order valence-electron chi connectivity index (χ0n) is 14.0. The Morgan fingerprint density at radius 1 is 1.30 bits per heavy atom. The largest absolute Gasteiger partial charge is 0.393 e. The van der Waals surface area contributed by atoms with Gasteiger partial charge in [-0.1, -0.05) is 12.1 Å². The maximum atomic E-state index is 10.1. The normalized spacial score (nSPS) is 31.6. The van der Waals surface area contributed by atoms with Gasteiger partial charge >= 0.3 is 0 Å². The topological polar surface area (TPSA) is 37.6 Å². The summed E-state index contributed by atoms with van der Waals surface area (Å²) in [5.74, 6) is 0.